The molecule has 1 fully saturated rings. The number of hydrogen-bond donors (Lipinski definition) is 0. The highest BCUT2D eigenvalue weighted by molar-refractivity contribution is 7.99. The molecule has 0 aromatic carbocycles. The Morgan fingerprint density at radius 1 is 1.38 bits per heavy atom. The minimum absolute atomic E-state index is 0.198. The van der Waals surface area contributed by atoms with Gasteiger partial charge in [0.15, 0.2) is 5.16 Å². The lowest BCUT2D eigenvalue weighted by Gasteiger charge is -2.34. The molecule has 21 heavy (non-hydrogen) atoms. The van der Waals surface area contributed by atoms with E-state index in [-0.39, 0.29) is 5.91 Å². The number of piperidine rings is 1. The zero-order chi connectivity index (χ0) is 15.4. The van der Waals surface area contributed by atoms with Crippen LogP contribution in [0.5, 0.6) is 0 Å². The van der Waals surface area contributed by atoms with E-state index in [1.807, 2.05) is 22.5 Å². The van der Waals surface area contributed by atoms with E-state index in [1.165, 1.54) is 18.2 Å². The first-order valence-corrected chi connectivity index (χ1v) is 8.41. The molecular formula is C15H24N4OS. The predicted octanol–water partition coefficient (Wildman–Crippen LogP) is 2.37. The number of aryl methyl sites for hydroxylation is 1. The van der Waals surface area contributed by atoms with E-state index in [2.05, 4.69) is 30.6 Å². The number of likely N-dealkylation sites (tertiary alicyclic amines) is 1. The van der Waals surface area contributed by atoms with Crippen molar-refractivity contribution in [3.63, 3.8) is 0 Å². The van der Waals surface area contributed by atoms with Gasteiger partial charge in [0.1, 0.15) is 5.82 Å². The van der Waals surface area contributed by atoms with Gasteiger partial charge >= 0.3 is 0 Å². The summed E-state index contributed by atoms with van der Waals surface area (Å²) in [7, 11) is 0. The van der Waals surface area contributed by atoms with E-state index in [0.29, 0.717) is 24.1 Å². The predicted molar refractivity (Wildman–Crippen MR) is 85.2 cm³/mol. The molecule has 0 spiro atoms. The number of carbonyl (C=O) groups is 1. The number of hydrogen-bond acceptors (Lipinski definition) is 4. The summed E-state index contributed by atoms with van der Waals surface area (Å²) in [5, 5.41) is 9.00. The average Bonchev–Trinajstić information content (AvgIpc) is 2.77. The second-order valence-electron chi connectivity index (χ2n) is 5.96. The molecule has 1 saturated heterocycles. The molecule has 2 atom stereocenters. The van der Waals surface area contributed by atoms with Crippen molar-refractivity contribution in [1.82, 2.24) is 19.7 Å². The molecule has 0 aliphatic carbocycles. The molecule has 0 bridgehead atoms. The molecular weight excluding hydrogens is 284 g/mol. The van der Waals surface area contributed by atoms with Crippen LogP contribution in [-0.4, -0.2) is 44.4 Å². The van der Waals surface area contributed by atoms with Crippen LogP contribution in [0.1, 0.15) is 26.1 Å². The molecule has 2 unspecified atom stereocenters. The van der Waals surface area contributed by atoms with Crippen molar-refractivity contribution in [2.45, 2.75) is 38.9 Å². The summed E-state index contributed by atoms with van der Waals surface area (Å²) in [6.07, 6.45) is 3.03. The number of amides is 1. The zero-order valence-corrected chi connectivity index (χ0v) is 13.9. The lowest BCUT2D eigenvalue weighted by molar-refractivity contribution is -0.130. The van der Waals surface area contributed by atoms with Crippen LogP contribution in [0.25, 0.3) is 0 Å². The molecule has 1 aliphatic rings. The smallest absolute Gasteiger partial charge is 0.233 e. The molecule has 116 valence electrons. The topological polar surface area (TPSA) is 51.0 Å². The van der Waals surface area contributed by atoms with Crippen molar-refractivity contribution in [2.24, 2.45) is 11.8 Å². The van der Waals surface area contributed by atoms with Crippen molar-refractivity contribution in [2.75, 3.05) is 18.8 Å². The molecule has 1 aromatic heterocycles. The average molecular weight is 308 g/mol. The van der Waals surface area contributed by atoms with Gasteiger partial charge in [-0.3, -0.25) is 4.79 Å². The van der Waals surface area contributed by atoms with Gasteiger partial charge in [0.2, 0.25) is 5.91 Å². The molecule has 0 saturated carbocycles. The quantitative estimate of drug-likeness (QED) is 0.619. The molecule has 1 amide bonds. The maximum Gasteiger partial charge on any atom is 0.233 e. The standard InChI is InChI=1S/C15H24N4OS/c1-5-6-19-13(4)16-17-15(19)21-10-14(20)18-8-11(2)7-12(3)9-18/h5,11-12H,1,6-10H2,2-4H3. The maximum atomic E-state index is 12.4. The second kappa shape index (κ2) is 7.11. The van der Waals surface area contributed by atoms with Gasteiger partial charge in [-0.05, 0) is 25.2 Å². The SMILES string of the molecule is C=CCn1c(C)nnc1SCC(=O)N1CC(C)CC(C)C1. The number of rotatable bonds is 5. The summed E-state index contributed by atoms with van der Waals surface area (Å²) < 4.78 is 1.98. The number of thioether (sulfide) groups is 1. The fourth-order valence-corrected chi connectivity index (χ4v) is 3.79. The zero-order valence-electron chi connectivity index (χ0n) is 13.1. The fourth-order valence-electron chi connectivity index (χ4n) is 2.89. The van der Waals surface area contributed by atoms with E-state index in [0.717, 1.165) is 24.1 Å². The van der Waals surface area contributed by atoms with E-state index in [9.17, 15) is 4.79 Å². The van der Waals surface area contributed by atoms with Gasteiger partial charge in [0.05, 0.1) is 5.75 Å². The summed E-state index contributed by atoms with van der Waals surface area (Å²) in [6.45, 7) is 12.5. The Labute approximate surface area is 130 Å². The third-order valence-corrected chi connectivity index (χ3v) is 4.71. The number of allylic oxidation sites excluding steroid dienone is 1. The van der Waals surface area contributed by atoms with Crippen LogP contribution in [-0.2, 0) is 11.3 Å². The van der Waals surface area contributed by atoms with Gasteiger partial charge in [-0.2, -0.15) is 0 Å². The molecule has 2 rings (SSSR count). The van der Waals surface area contributed by atoms with Crippen molar-refractivity contribution in [3.05, 3.63) is 18.5 Å². The Morgan fingerprint density at radius 2 is 2.05 bits per heavy atom. The molecule has 0 N–H and O–H groups in total. The number of carbonyl (C=O) groups excluding carboxylic acids is 1. The first-order valence-electron chi connectivity index (χ1n) is 7.42. The van der Waals surface area contributed by atoms with Crippen molar-refractivity contribution >= 4 is 17.7 Å². The van der Waals surface area contributed by atoms with E-state index < -0.39 is 0 Å². The fraction of sp³-hybridized carbons (Fsp3) is 0.667. The Morgan fingerprint density at radius 3 is 2.67 bits per heavy atom. The summed E-state index contributed by atoms with van der Waals surface area (Å²) in [5.74, 6) is 2.66. The monoisotopic (exact) mass is 308 g/mol. The number of aromatic nitrogens is 3. The van der Waals surface area contributed by atoms with Gasteiger partial charge < -0.3 is 9.47 Å². The summed E-state index contributed by atoms with van der Waals surface area (Å²) in [5.41, 5.74) is 0. The van der Waals surface area contributed by atoms with E-state index in [1.54, 1.807) is 0 Å². The van der Waals surface area contributed by atoms with Gasteiger partial charge in [-0.15, -0.1) is 16.8 Å². The molecule has 0 radical (unpaired) electrons. The first kappa shape index (κ1) is 16.1. The van der Waals surface area contributed by atoms with Crippen LogP contribution < -0.4 is 0 Å². The van der Waals surface area contributed by atoms with Crippen LogP contribution in [0, 0.1) is 18.8 Å². The second-order valence-corrected chi connectivity index (χ2v) is 6.91. The van der Waals surface area contributed by atoms with Crippen LogP contribution in [0.15, 0.2) is 17.8 Å². The largest absolute Gasteiger partial charge is 0.341 e. The van der Waals surface area contributed by atoms with Gasteiger partial charge in [-0.1, -0.05) is 31.7 Å². The molecule has 1 aliphatic heterocycles. The Balaban J connectivity index is 1.93. The van der Waals surface area contributed by atoms with Crippen molar-refractivity contribution in [3.8, 4) is 0 Å². The van der Waals surface area contributed by atoms with Crippen LogP contribution in [0.3, 0.4) is 0 Å². The Kier molecular flexibility index (Phi) is 5.45. The van der Waals surface area contributed by atoms with Crippen molar-refractivity contribution < 1.29 is 4.79 Å². The molecule has 6 heteroatoms. The van der Waals surface area contributed by atoms with Crippen LogP contribution in [0.4, 0.5) is 0 Å². The van der Waals surface area contributed by atoms with E-state index in [4.69, 9.17) is 0 Å². The van der Waals surface area contributed by atoms with Gasteiger partial charge in [0.25, 0.3) is 0 Å². The highest BCUT2D eigenvalue weighted by Crippen LogP contribution is 2.23. The third-order valence-electron chi connectivity index (χ3n) is 3.76. The highest BCUT2D eigenvalue weighted by Gasteiger charge is 2.25. The third kappa shape index (κ3) is 4.09. The van der Waals surface area contributed by atoms with Crippen LogP contribution >= 0.6 is 11.8 Å². The summed E-state index contributed by atoms with van der Waals surface area (Å²) in [6, 6.07) is 0. The van der Waals surface area contributed by atoms with Crippen LogP contribution in [0.2, 0.25) is 0 Å². The Hall–Kier alpha value is -1.30. The maximum absolute atomic E-state index is 12.4. The first-order chi connectivity index (χ1) is 10.0. The molecule has 1 aromatic rings. The summed E-state index contributed by atoms with van der Waals surface area (Å²) in [4.78, 5) is 14.4. The lowest BCUT2D eigenvalue weighted by Crippen LogP contribution is -2.43. The summed E-state index contributed by atoms with van der Waals surface area (Å²) >= 11 is 1.46. The molecule has 2 heterocycles. The lowest BCUT2D eigenvalue weighted by atomic mass is 9.92. The molecule has 5 nitrogen and oxygen atoms in total. The van der Waals surface area contributed by atoms with Crippen molar-refractivity contribution in [1.29, 1.82) is 0 Å². The minimum atomic E-state index is 0.198. The van der Waals surface area contributed by atoms with Gasteiger partial charge in [0, 0.05) is 19.6 Å². The highest BCUT2D eigenvalue weighted by atomic mass is 32.2. The van der Waals surface area contributed by atoms with E-state index >= 15 is 0 Å². The normalized spacial score (nSPS) is 22.3. The Bertz CT molecular complexity index is 504. The minimum Gasteiger partial charge on any atom is -0.341 e. The number of nitrogens with zero attached hydrogens (tertiary/aromatic N) is 4. The van der Waals surface area contributed by atoms with Gasteiger partial charge in [-0.25, -0.2) is 0 Å².